The first-order valence-electron chi connectivity index (χ1n) is 7.46. The van der Waals surface area contributed by atoms with Gasteiger partial charge in [0.2, 0.25) is 0 Å². The van der Waals surface area contributed by atoms with Crippen molar-refractivity contribution in [3.05, 3.63) is 33.9 Å². The van der Waals surface area contributed by atoms with E-state index in [2.05, 4.69) is 10.1 Å². The van der Waals surface area contributed by atoms with Gasteiger partial charge in [0.25, 0.3) is 5.56 Å². The molecule has 1 N–H and O–H groups in total. The van der Waals surface area contributed by atoms with Gasteiger partial charge >= 0.3 is 5.97 Å². The number of rotatable bonds is 4. The molecule has 0 spiro atoms. The van der Waals surface area contributed by atoms with E-state index in [0.717, 1.165) is 12.1 Å². The summed E-state index contributed by atoms with van der Waals surface area (Å²) in [5, 5.41) is 2.74. The minimum absolute atomic E-state index is 0.191. The number of aromatic nitrogens is 3. The van der Waals surface area contributed by atoms with Gasteiger partial charge in [0.05, 0.1) is 6.61 Å². The molecule has 112 valence electrons. The van der Waals surface area contributed by atoms with Crippen LogP contribution in [0.25, 0.3) is 5.65 Å². The third-order valence-electron chi connectivity index (χ3n) is 3.97. The topological polar surface area (TPSA) is 76.5 Å². The molecule has 1 aliphatic rings. The highest BCUT2D eigenvalue weighted by molar-refractivity contribution is 5.88. The van der Waals surface area contributed by atoms with Gasteiger partial charge in [-0.25, -0.2) is 14.3 Å². The van der Waals surface area contributed by atoms with Gasteiger partial charge in [-0.1, -0.05) is 25.7 Å². The number of fused-ring (bicyclic) bond motifs is 1. The van der Waals surface area contributed by atoms with Gasteiger partial charge in [-0.05, 0) is 19.3 Å². The van der Waals surface area contributed by atoms with Crippen LogP contribution in [0.3, 0.4) is 0 Å². The van der Waals surface area contributed by atoms with E-state index < -0.39 is 5.97 Å². The van der Waals surface area contributed by atoms with Crippen LogP contribution >= 0.6 is 0 Å². The summed E-state index contributed by atoms with van der Waals surface area (Å²) in [5.74, 6) is 0.155. The van der Waals surface area contributed by atoms with E-state index in [1.165, 1.54) is 30.2 Å². The molecule has 6 heteroatoms. The molecule has 0 aromatic carbocycles. The standard InChI is InChI=1S/C15H19N3O3/c1-2-21-15(20)12-9-13-16-11(7-10-5-3-4-6-10)8-14(19)18(13)17-12/h8-10,17H,2-7H2,1H3. The van der Waals surface area contributed by atoms with E-state index in [4.69, 9.17) is 4.74 Å². The zero-order chi connectivity index (χ0) is 14.8. The molecule has 1 aliphatic carbocycles. The second-order valence-corrected chi connectivity index (χ2v) is 5.52. The lowest BCUT2D eigenvalue weighted by Gasteiger charge is -2.07. The van der Waals surface area contributed by atoms with Gasteiger partial charge in [0.1, 0.15) is 5.69 Å². The SMILES string of the molecule is CCOC(=O)c1cc2nc(CC3CCCC3)cc(=O)n2[nH]1. The second-order valence-electron chi connectivity index (χ2n) is 5.52. The number of H-pyrrole nitrogens is 1. The number of hydrogen-bond acceptors (Lipinski definition) is 4. The van der Waals surface area contributed by atoms with Crippen molar-refractivity contribution in [2.24, 2.45) is 5.92 Å². The molecule has 6 nitrogen and oxygen atoms in total. The summed E-state index contributed by atoms with van der Waals surface area (Å²) < 4.78 is 6.20. The summed E-state index contributed by atoms with van der Waals surface area (Å²) >= 11 is 0. The number of nitrogens with one attached hydrogen (secondary N) is 1. The number of aromatic amines is 1. The number of carbonyl (C=O) groups is 1. The average molecular weight is 289 g/mol. The largest absolute Gasteiger partial charge is 0.461 e. The van der Waals surface area contributed by atoms with E-state index in [1.807, 2.05) is 0 Å². The monoisotopic (exact) mass is 289 g/mol. The van der Waals surface area contributed by atoms with Gasteiger partial charge in [-0.2, -0.15) is 0 Å². The zero-order valence-corrected chi connectivity index (χ0v) is 12.1. The van der Waals surface area contributed by atoms with Crippen molar-refractivity contribution in [1.29, 1.82) is 0 Å². The summed E-state index contributed by atoms with van der Waals surface area (Å²) in [7, 11) is 0. The second kappa shape index (κ2) is 5.71. The van der Waals surface area contributed by atoms with Gasteiger partial charge in [0, 0.05) is 17.8 Å². The summed E-state index contributed by atoms with van der Waals surface area (Å²) in [5.41, 5.74) is 1.34. The summed E-state index contributed by atoms with van der Waals surface area (Å²) in [4.78, 5) is 28.3. The van der Waals surface area contributed by atoms with Crippen LogP contribution in [0.1, 0.15) is 48.8 Å². The third kappa shape index (κ3) is 2.84. The van der Waals surface area contributed by atoms with Crippen molar-refractivity contribution in [2.75, 3.05) is 6.61 Å². The summed E-state index contributed by atoms with van der Waals surface area (Å²) in [6.45, 7) is 2.04. The highest BCUT2D eigenvalue weighted by Gasteiger charge is 2.18. The molecule has 1 saturated carbocycles. The van der Waals surface area contributed by atoms with Crippen LogP contribution in [0.5, 0.6) is 0 Å². The van der Waals surface area contributed by atoms with Crippen molar-refractivity contribution < 1.29 is 9.53 Å². The third-order valence-corrected chi connectivity index (χ3v) is 3.97. The molecular formula is C15H19N3O3. The van der Waals surface area contributed by atoms with E-state index >= 15 is 0 Å². The zero-order valence-electron chi connectivity index (χ0n) is 12.1. The first kappa shape index (κ1) is 13.9. The Balaban J connectivity index is 1.91. The first-order chi connectivity index (χ1) is 10.2. The molecule has 0 atom stereocenters. The van der Waals surface area contributed by atoms with Crippen LogP contribution in [-0.4, -0.2) is 27.2 Å². The van der Waals surface area contributed by atoms with Gasteiger partial charge in [0.15, 0.2) is 5.65 Å². The lowest BCUT2D eigenvalue weighted by Crippen LogP contribution is -2.17. The molecular weight excluding hydrogens is 270 g/mol. The lowest BCUT2D eigenvalue weighted by molar-refractivity contribution is 0.0519. The van der Waals surface area contributed by atoms with Crippen LogP contribution in [0, 0.1) is 5.92 Å². The fraction of sp³-hybridized carbons (Fsp3) is 0.533. The van der Waals surface area contributed by atoms with Crippen molar-refractivity contribution in [3.63, 3.8) is 0 Å². The van der Waals surface area contributed by atoms with Crippen LogP contribution < -0.4 is 5.56 Å². The van der Waals surface area contributed by atoms with Gasteiger partial charge in [-0.15, -0.1) is 0 Å². The maximum atomic E-state index is 12.1. The number of ether oxygens (including phenoxy) is 1. The molecule has 0 radical (unpaired) electrons. The van der Waals surface area contributed by atoms with Crippen molar-refractivity contribution in [3.8, 4) is 0 Å². The number of carbonyl (C=O) groups excluding carboxylic acids is 1. The normalized spacial score (nSPS) is 15.7. The van der Waals surface area contributed by atoms with Gasteiger partial charge in [-0.3, -0.25) is 9.89 Å². The van der Waals surface area contributed by atoms with Crippen LogP contribution in [0.4, 0.5) is 0 Å². The highest BCUT2D eigenvalue weighted by atomic mass is 16.5. The quantitative estimate of drug-likeness (QED) is 0.873. The average Bonchev–Trinajstić information content (AvgIpc) is 3.08. The van der Waals surface area contributed by atoms with E-state index in [1.54, 1.807) is 19.1 Å². The molecule has 0 saturated heterocycles. The molecule has 0 amide bonds. The minimum Gasteiger partial charge on any atom is -0.461 e. The van der Waals surface area contributed by atoms with Crippen LogP contribution in [0.2, 0.25) is 0 Å². The molecule has 1 fully saturated rings. The number of esters is 1. The Bertz CT molecular complexity index is 711. The smallest absolute Gasteiger partial charge is 0.356 e. The number of hydrogen-bond donors (Lipinski definition) is 1. The van der Waals surface area contributed by atoms with Crippen LogP contribution in [0.15, 0.2) is 16.9 Å². The maximum absolute atomic E-state index is 12.1. The summed E-state index contributed by atoms with van der Waals surface area (Å²) in [6, 6.07) is 3.12. The molecule has 2 aromatic heterocycles. The lowest BCUT2D eigenvalue weighted by atomic mass is 10.0. The molecule has 2 heterocycles. The van der Waals surface area contributed by atoms with Crippen LogP contribution in [-0.2, 0) is 11.2 Å². The molecule has 2 aromatic rings. The molecule has 21 heavy (non-hydrogen) atoms. The Kier molecular flexibility index (Phi) is 3.77. The molecule has 0 aliphatic heterocycles. The fourth-order valence-electron chi connectivity index (χ4n) is 2.97. The first-order valence-corrected chi connectivity index (χ1v) is 7.46. The Labute approximate surface area is 122 Å². The van der Waals surface area contributed by atoms with Crippen molar-refractivity contribution >= 4 is 11.6 Å². The minimum atomic E-state index is -0.472. The van der Waals surface area contributed by atoms with E-state index in [-0.39, 0.29) is 11.3 Å². The molecule has 3 rings (SSSR count). The summed E-state index contributed by atoms with van der Waals surface area (Å²) in [6.07, 6.45) is 5.79. The van der Waals surface area contributed by atoms with E-state index in [0.29, 0.717) is 18.2 Å². The Morgan fingerprint density at radius 1 is 1.43 bits per heavy atom. The fourth-order valence-corrected chi connectivity index (χ4v) is 2.97. The van der Waals surface area contributed by atoms with Crippen molar-refractivity contribution in [1.82, 2.24) is 14.6 Å². The Morgan fingerprint density at radius 3 is 2.90 bits per heavy atom. The highest BCUT2D eigenvalue weighted by Crippen LogP contribution is 2.27. The Hall–Kier alpha value is -2.11. The van der Waals surface area contributed by atoms with Gasteiger partial charge < -0.3 is 4.74 Å². The van der Waals surface area contributed by atoms with E-state index in [9.17, 15) is 9.59 Å². The van der Waals surface area contributed by atoms with Crippen molar-refractivity contribution in [2.45, 2.75) is 39.0 Å². The predicted molar refractivity (Wildman–Crippen MR) is 77.4 cm³/mol. The molecule has 0 unspecified atom stereocenters. The Morgan fingerprint density at radius 2 is 2.19 bits per heavy atom. The molecule has 0 bridgehead atoms. The number of nitrogens with zero attached hydrogens (tertiary/aromatic N) is 2. The maximum Gasteiger partial charge on any atom is 0.356 e. The predicted octanol–water partition coefficient (Wildman–Crippen LogP) is 1.93.